The smallest absolute Gasteiger partial charge is 0.267 e. The molecule has 8 nitrogen and oxygen atoms in total. The molecule has 1 fully saturated rings. The first-order valence-electron chi connectivity index (χ1n) is 6.80. The highest BCUT2D eigenvalue weighted by atomic mass is 32.2. The highest BCUT2D eigenvalue weighted by Gasteiger charge is 2.37. The summed E-state index contributed by atoms with van der Waals surface area (Å²) < 4.78 is 27.8. The lowest BCUT2D eigenvalue weighted by molar-refractivity contribution is -0.133. The maximum atomic E-state index is 11.9. The van der Waals surface area contributed by atoms with Gasteiger partial charge in [-0.2, -0.15) is 5.10 Å². The third-order valence-electron chi connectivity index (χ3n) is 3.47. The molecule has 0 radical (unpaired) electrons. The number of hydrogen-bond donors (Lipinski definition) is 1. The molecule has 0 aromatic heterocycles. The number of carbonyl (C=O) groups is 2. The summed E-state index contributed by atoms with van der Waals surface area (Å²) >= 11 is 0. The fraction of sp³-hybridized carbons (Fsp3) is 0.750. The average molecular weight is 317 g/mol. The number of nitrogens with zero attached hydrogens (tertiary/aromatic N) is 2. The van der Waals surface area contributed by atoms with Crippen LogP contribution in [0.1, 0.15) is 19.3 Å². The molecule has 2 amide bonds. The van der Waals surface area contributed by atoms with Crippen molar-refractivity contribution in [2.24, 2.45) is 5.10 Å². The van der Waals surface area contributed by atoms with Crippen LogP contribution in [0.25, 0.3) is 0 Å². The fourth-order valence-corrected chi connectivity index (χ4v) is 4.05. The Bertz CT molecular complexity index is 557. The second kappa shape index (κ2) is 6.52. The molecule has 21 heavy (non-hydrogen) atoms. The average Bonchev–Trinajstić information content (AvgIpc) is 2.79. The lowest BCUT2D eigenvalue weighted by Crippen LogP contribution is -2.44. The number of rotatable bonds is 5. The summed E-state index contributed by atoms with van der Waals surface area (Å²) in [5.74, 6) is -0.594. The third-order valence-corrected chi connectivity index (χ3v) is 5.22. The topological polar surface area (TPSA) is 105 Å². The molecule has 0 aromatic rings. The molecule has 0 bridgehead atoms. The minimum absolute atomic E-state index is 0.0618. The predicted octanol–water partition coefficient (Wildman–Crippen LogP) is -1.09. The molecule has 0 unspecified atom stereocenters. The number of hydrazone groups is 1. The van der Waals surface area contributed by atoms with Crippen LogP contribution in [0.5, 0.6) is 0 Å². The van der Waals surface area contributed by atoms with Crippen molar-refractivity contribution in [2.45, 2.75) is 25.3 Å². The number of nitrogens with one attached hydrogen (secondary N) is 1. The van der Waals surface area contributed by atoms with Gasteiger partial charge in [0.2, 0.25) is 5.91 Å². The predicted molar refractivity (Wildman–Crippen MR) is 75.5 cm³/mol. The summed E-state index contributed by atoms with van der Waals surface area (Å²) in [6.45, 7) is 0.753. The van der Waals surface area contributed by atoms with Gasteiger partial charge in [-0.3, -0.25) is 9.59 Å². The molecule has 2 aliphatic rings. The number of ether oxygens (including phenoxy) is 1. The molecule has 118 valence electrons. The Kier molecular flexibility index (Phi) is 4.94. The van der Waals surface area contributed by atoms with Crippen LogP contribution in [0.3, 0.4) is 0 Å². The van der Waals surface area contributed by atoms with Crippen molar-refractivity contribution in [3.05, 3.63) is 0 Å². The van der Waals surface area contributed by atoms with E-state index in [1.807, 2.05) is 0 Å². The molecule has 1 saturated heterocycles. The number of amides is 2. The molecular formula is C12H19N3O5S. The van der Waals surface area contributed by atoms with E-state index in [0.29, 0.717) is 19.6 Å². The summed E-state index contributed by atoms with van der Waals surface area (Å²) in [5.41, 5.74) is 0.259. The molecule has 2 aliphatic heterocycles. The maximum absolute atomic E-state index is 11.9. The van der Waals surface area contributed by atoms with Gasteiger partial charge in [-0.05, 0) is 6.42 Å². The van der Waals surface area contributed by atoms with Crippen LogP contribution in [-0.4, -0.2) is 68.8 Å². The molecule has 2 heterocycles. The van der Waals surface area contributed by atoms with Gasteiger partial charge in [-0.25, -0.2) is 13.4 Å². The first kappa shape index (κ1) is 15.9. The maximum Gasteiger partial charge on any atom is 0.267 e. The standard InChI is InChI=1S/C12H19N3O5S/c1-20-6-5-13-12(17)10-2-3-11(16)15(14-10)9-4-7-21(18,19)8-9/h9H,2-8H2,1H3,(H,13,17)/t9-/m1/s1. The molecule has 1 N–H and O–H groups in total. The molecule has 0 aliphatic carbocycles. The monoisotopic (exact) mass is 317 g/mol. The van der Waals surface area contributed by atoms with Crippen molar-refractivity contribution >= 4 is 27.4 Å². The normalized spacial score (nSPS) is 24.8. The fourth-order valence-electron chi connectivity index (χ4n) is 2.36. The summed E-state index contributed by atoms with van der Waals surface area (Å²) in [7, 11) is -1.57. The Labute approximate surface area is 123 Å². The summed E-state index contributed by atoms with van der Waals surface area (Å²) in [6.07, 6.45) is 0.816. The van der Waals surface area contributed by atoms with Gasteiger partial charge in [0.1, 0.15) is 5.71 Å². The molecule has 9 heteroatoms. The zero-order valence-electron chi connectivity index (χ0n) is 11.9. The second-order valence-corrected chi connectivity index (χ2v) is 7.32. The summed E-state index contributed by atoms with van der Waals surface area (Å²) in [5, 5.41) is 7.90. The first-order valence-corrected chi connectivity index (χ1v) is 8.62. The summed E-state index contributed by atoms with van der Waals surface area (Å²) in [6, 6.07) is -0.454. The van der Waals surface area contributed by atoms with Crippen molar-refractivity contribution < 1.29 is 22.7 Å². The van der Waals surface area contributed by atoms with Crippen molar-refractivity contribution in [1.82, 2.24) is 10.3 Å². The van der Waals surface area contributed by atoms with Gasteiger partial charge in [0.05, 0.1) is 24.2 Å². The van der Waals surface area contributed by atoms with Crippen LogP contribution in [0.2, 0.25) is 0 Å². The van der Waals surface area contributed by atoms with Crippen molar-refractivity contribution in [3.63, 3.8) is 0 Å². The number of hydrogen-bond acceptors (Lipinski definition) is 6. The number of methoxy groups -OCH3 is 1. The molecule has 0 spiro atoms. The Balaban J connectivity index is 2.05. The zero-order chi connectivity index (χ0) is 15.5. The van der Waals surface area contributed by atoms with Gasteiger partial charge in [-0.15, -0.1) is 0 Å². The highest BCUT2D eigenvalue weighted by Crippen LogP contribution is 2.22. The SMILES string of the molecule is COCCNC(=O)C1=NN([C@@H]2CCS(=O)(=O)C2)C(=O)CC1. The Morgan fingerprint density at radius 2 is 2.24 bits per heavy atom. The number of carbonyl (C=O) groups excluding carboxylic acids is 2. The molecule has 0 saturated carbocycles. The minimum atomic E-state index is -3.10. The van der Waals surface area contributed by atoms with E-state index in [-0.39, 0.29) is 41.9 Å². The molecule has 0 aromatic carbocycles. The Morgan fingerprint density at radius 3 is 2.86 bits per heavy atom. The van der Waals surface area contributed by atoms with Crippen LogP contribution in [0, 0.1) is 0 Å². The minimum Gasteiger partial charge on any atom is -0.383 e. The van der Waals surface area contributed by atoms with Crippen LogP contribution in [0.15, 0.2) is 5.10 Å². The van der Waals surface area contributed by atoms with Gasteiger partial charge in [0, 0.05) is 26.5 Å². The van der Waals surface area contributed by atoms with E-state index >= 15 is 0 Å². The van der Waals surface area contributed by atoms with Crippen molar-refractivity contribution in [2.75, 3.05) is 31.8 Å². The van der Waals surface area contributed by atoms with E-state index in [9.17, 15) is 18.0 Å². The van der Waals surface area contributed by atoms with Crippen LogP contribution in [0.4, 0.5) is 0 Å². The second-order valence-electron chi connectivity index (χ2n) is 5.09. The van der Waals surface area contributed by atoms with Gasteiger partial charge < -0.3 is 10.1 Å². The van der Waals surface area contributed by atoms with Gasteiger partial charge in [0.25, 0.3) is 5.91 Å². The quantitative estimate of drug-likeness (QED) is 0.649. The first-order chi connectivity index (χ1) is 9.93. The van der Waals surface area contributed by atoms with E-state index in [0.717, 1.165) is 0 Å². The Morgan fingerprint density at radius 1 is 1.48 bits per heavy atom. The lowest BCUT2D eigenvalue weighted by atomic mass is 10.1. The van der Waals surface area contributed by atoms with E-state index in [1.54, 1.807) is 0 Å². The molecule has 1 atom stereocenters. The molecular weight excluding hydrogens is 298 g/mol. The van der Waals surface area contributed by atoms with Crippen LogP contribution < -0.4 is 5.32 Å². The van der Waals surface area contributed by atoms with Crippen molar-refractivity contribution in [3.8, 4) is 0 Å². The van der Waals surface area contributed by atoms with Crippen LogP contribution in [-0.2, 0) is 24.2 Å². The van der Waals surface area contributed by atoms with Crippen molar-refractivity contribution in [1.29, 1.82) is 0 Å². The van der Waals surface area contributed by atoms with Gasteiger partial charge >= 0.3 is 0 Å². The summed E-state index contributed by atoms with van der Waals surface area (Å²) in [4.78, 5) is 23.8. The highest BCUT2D eigenvalue weighted by molar-refractivity contribution is 7.91. The van der Waals surface area contributed by atoms with Crippen LogP contribution >= 0.6 is 0 Å². The zero-order valence-corrected chi connectivity index (χ0v) is 12.7. The van der Waals surface area contributed by atoms with Gasteiger partial charge in [0.15, 0.2) is 9.84 Å². The largest absolute Gasteiger partial charge is 0.383 e. The lowest BCUT2D eigenvalue weighted by Gasteiger charge is -2.27. The Hall–Kier alpha value is -1.48. The van der Waals surface area contributed by atoms with E-state index in [4.69, 9.17) is 4.74 Å². The van der Waals surface area contributed by atoms with Gasteiger partial charge in [-0.1, -0.05) is 0 Å². The van der Waals surface area contributed by atoms with E-state index < -0.39 is 15.9 Å². The van der Waals surface area contributed by atoms with E-state index in [1.165, 1.54) is 12.1 Å². The number of sulfone groups is 1. The third kappa shape index (κ3) is 4.01. The van der Waals surface area contributed by atoms with E-state index in [2.05, 4.69) is 10.4 Å². The molecule has 2 rings (SSSR count).